The molecule has 0 bridgehead atoms. The van der Waals surface area contributed by atoms with Crippen molar-refractivity contribution in [1.82, 2.24) is 15.5 Å². The van der Waals surface area contributed by atoms with Crippen LogP contribution in [0.2, 0.25) is 0 Å². The Morgan fingerprint density at radius 2 is 2.24 bits per heavy atom. The first-order valence-corrected chi connectivity index (χ1v) is 6.78. The van der Waals surface area contributed by atoms with Crippen LogP contribution in [0.15, 0.2) is 0 Å². The Morgan fingerprint density at radius 3 is 2.76 bits per heavy atom. The van der Waals surface area contributed by atoms with E-state index in [2.05, 4.69) is 29.4 Å². The van der Waals surface area contributed by atoms with Crippen LogP contribution in [0.4, 0.5) is 0 Å². The second kappa shape index (κ2) is 6.97. The topological polar surface area (TPSA) is 44.4 Å². The molecular formula is C13H27N3O. The van der Waals surface area contributed by atoms with E-state index in [4.69, 9.17) is 0 Å². The molecule has 100 valence electrons. The fourth-order valence-electron chi connectivity index (χ4n) is 2.48. The fraction of sp³-hybridized carbons (Fsp3) is 0.923. The van der Waals surface area contributed by atoms with Crippen molar-refractivity contribution in [3.05, 3.63) is 0 Å². The summed E-state index contributed by atoms with van der Waals surface area (Å²) in [4.78, 5) is 14.1. The average Bonchev–Trinajstić information content (AvgIpc) is 2.26. The predicted molar refractivity (Wildman–Crippen MR) is 71.0 cm³/mol. The molecule has 1 rings (SSSR count). The molecule has 0 aromatic rings. The molecule has 1 amide bonds. The van der Waals surface area contributed by atoms with Crippen molar-refractivity contribution in [1.29, 1.82) is 0 Å². The maximum atomic E-state index is 11.8. The van der Waals surface area contributed by atoms with Crippen LogP contribution in [0.1, 0.15) is 34.1 Å². The zero-order chi connectivity index (χ0) is 12.8. The van der Waals surface area contributed by atoms with Gasteiger partial charge < -0.3 is 10.6 Å². The summed E-state index contributed by atoms with van der Waals surface area (Å²) in [5.41, 5.74) is 0. The summed E-state index contributed by atoms with van der Waals surface area (Å²) in [6.45, 7) is 12.0. The summed E-state index contributed by atoms with van der Waals surface area (Å²) in [6, 6.07) is 0.717. The number of amides is 1. The summed E-state index contributed by atoms with van der Waals surface area (Å²) in [7, 11) is 0. The lowest BCUT2D eigenvalue weighted by Crippen LogP contribution is -2.53. The number of rotatable bonds is 5. The third-order valence-corrected chi connectivity index (χ3v) is 3.46. The molecule has 17 heavy (non-hydrogen) atoms. The lowest BCUT2D eigenvalue weighted by molar-refractivity contribution is -0.123. The first kappa shape index (κ1) is 14.5. The van der Waals surface area contributed by atoms with Crippen LogP contribution in [0.25, 0.3) is 0 Å². The summed E-state index contributed by atoms with van der Waals surface area (Å²) in [5.74, 6) is 0.808. The Hall–Kier alpha value is -0.610. The van der Waals surface area contributed by atoms with Crippen molar-refractivity contribution in [2.75, 3.05) is 26.2 Å². The zero-order valence-electron chi connectivity index (χ0n) is 11.6. The van der Waals surface area contributed by atoms with E-state index in [1.165, 1.54) is 6.42 Å². The summed E-state index contributed by atoms with van der Waals surface area (Å²) in [6.07, 6.45) is 1.20. The molecule has 4 heteroatoms. The number of nitrogens with one attached hydrogen (secondary N) is 2. The van der Waals surface area contributed by atoms with Crippen LogP contribution in [0.5, 0.6) is 0 Å². The molecule has 2 unspecified atom stereocenters. The van der Waals surface area contributed by atoms with Gasteiger partial charge in [-0.3, -0.25) is 9.69 Å². The molecule has 1 heterocycles. The third kappa shape index (κ3) is 4.64. The van der Waals surface area contributed by atoms with Gasteiger partial charge in [0.15, 0.2) is 0 Å². The highest BCUT2D eigenvalue weighted by molar-refractivity contribution is 5.78. The van der Waals surface area contributed by atoms with Gasteiger partial charge in [0.25, 0.3) is 0 Å². The molecule has 0 aromatic carbocycles. The van der Waals surface area contributed by atoms with E-state index in [0.717, 1.165) is 19.6 Å². The van der Waals surface area contributed by atoms with E-state index in [1.807, 2.05) is 13.8 Å². The number of piperidine rings is 1. The molecule has 0 spiro atoms. The predicted octanol–water partition coefficient (Wildman–Crippen LogP) is 0.831. The molecule has 1 aliphatic heterocycles. The normalized spacial score (nSPS) is 25.3. The van der Waals surface area contributed by atoms with E-state index >= 15 is 0 Å². The second-order valence-corrected chi connectivity index (χ2v) is 5.32. The zero-order valence-corrected chi connectivity index (χ0v) is 11.6. The van der Waals surface area contributed by atoms with E-state index in [-0.39, 0.29) is 11.9 Å². The van der Waals surface area contributed by atoms with Crippen molar-refractivity contribution in [3.8, 4) is 0 Å². The number of carbonyl (C=O) groups excluding carboxylic acids is 1. The van der Waals surface area contributed by atoms with Crippen LogP contribution >= 0.6 is 0 Å². The molecule has 0 saturated carbocycles. The highest BCUT2D eigenvalue weighted by atomic mass is 16.2. The van der Waals surface area contributed by atoms with Crippen LogP contribution < -0.4 is 10.6 Å². The van der Waals surface area contributed by atoms with Crippen LogP contribution in [-0.4, -0.2) is 49.1 Å². The van der Waals surface area contributed by atoms with Crippen molar-refractivity contribution in [2.45, 2.75) is 46.2 Å². The summed E-state index contributed by atoms with van der Waals surface area (Å²) in [5, 5.41) is 6.38. The van der Waals surface area contributed by atoms with Gasteiger partial charge in [0.05, 0.1) is 6.54 Å². The molecular weight excluding hydrogens is 214 g/mol. The molecule has 2 N–H and O–H groups in total. The van der Waals surface area contributed by atoms with Gasteiger partial charge in [0, 0.05) is 18.6 Å². The van der Waals surface area contributed by atoms with Gasteiger partial charge in [-0.15, -0.1) is 0 Å². The van der Waals surface area contributed by atoms with Crippen molar-refractivity contribution >= 4 is 5.91 Å². The lowest BCUT2D eigenvalue weighted by Gasteiger charge is -2.38. The van der Waals surface area contributed by atoms with Gasteiger partial charge >= 0.3 is 0 Å². The lowest BCUT2D eigenvalue weighted by atomic mass is 9.93. The molecule has 1 fully saturated rings. The minimum atomic E-state index is 0.139. The Labute approximate surface area is 105 Å². The van der Waals surface area contributed by atoms with Crippen molar-refractivity contribution < 1.29 is 4.79 Å². The first-order chi connectivity index (χ1) is 8.04. The molecule has 0 aromatic heterocycles. The molecule has 4 nitrogen and oxygen atoms in total. The van der Waals surface area contributed by atoms with Gasteiger partial charge in [-0.1, -0.05) is 13.8 Å². The van der Waals surface area contributed by atoms with Crippen LogP contribution in [0, 0.1) is 5.92 Å². The largest absolute Gasteiger partial charge is 0.353 e. The number of carbonyl (C=O) groups is 1. The molecule has 0 aliphatic carbocycles. The van der Waals surface area contributed by atoms with E-state index < -0.39 is 0 Å². The Balaban J connectivity index is 2.49. The standard InChI is InChI=1S/C13H27N3O/c1-5-16(9-13(17)15-10(2)3)12-8-14-7-6-11(12)4/h10-12,14H,5-9H2,1-4H3,(H,15,17). The van der Waals surface area contributed by atoms with Gasteiger partial charge in [0.2, 0.25) is 5.91 Å². The molecule has 1 aliphatic rings. The number of hydrogen-bond donors (Lipinski definition) is 2. The molecule has 0 radical (unpaired) electrons. The Kier molecular flexibility index (Phi) is 5.92. The number of likely N-dealkylation sites (N-methyl/N-ethyl adjacent to an activating group) is 1. The summed E-state index contributed by atoms with van der Waals surface area (Å²) >= 11 is 0. The van der Waals surface area contributed by atoms with Gasteiger partial charge in [-0.2, -0.15) is 0 Å². The average molecular weight is 241 g/mol. The maximum Gasteiger partial charge on any atom is 0.234 e. The number of nitrogens with zero attached hydrogens (tertiary/aromatic N) is 1. The summed E-state index contributed by atoms with van der Waals surface area (Å²) < 4.78 is 0. The van der Waals surface area contributed by atoms with Gasteiger partial charge in [-0.25, -0.2) is 0 Å². The minimum Gasteiger partial charge on any atom is -0.353 e. The van der Waals surface area contributed by atoms with E-state index in [0.29, 0.717) is 18.5 Å². The Bertz CT molecular complexity index is 243. The third-order valence-electron chi connectivity index (χ3n) is 3.46. The van der Waals surface area contributed by atoms with Crippen molar-refractivity contribution in [2.24, 2.45) is 5.92 Å². The quantitative estimate of drug-likeness (QED) is 0.749. The monoisotopic (exact) mass is 241 g/mol. The molecule has 1 saturated heterocycles. The maximum absolute atomic E-state index is 11.8. The van der Waals surface area contributed by atoms with E-state index in [1.54, 1.807) is 0 Å². The number of hydrogen-bond acceptors (Lipinski definition) is 3. The SMILES string of the molecule is CCN(CC(=O)NC(C)C)C1CNCCC1C. The van der Waals surface area contributed by atoms with Crippen LogP contribution in [-0.2, 0) is 4.79 Å². The van der Waals surface area contributed by atoms with Crippen molar-refractivity contribution in [3.63, 3.8) is 0 Å². The van der Waals surface area contributed by atoms with Crippen LogP contribution in [0.3, 0.4) is 0 Å². The van der Waals surface area contributed by atoms with E-state index in [9.17, 15) is 4.79 Å². The van der Waals surface area contributed by atoms with Gasteiger partial charge in [-0.05, 0) is 39.3 Å². The Morgan fingerprint density at radius 1 is 1.53 bits per heavy atom. The fourth-order valence-corrected chi connectivity index (χ4v) is 2.48. The first-order valence-electron chi connectivity index (χ1n) is 6.78. The van der Waals surface area contributed by atoms with Gasteiger partial charge in [0.1, 0.15) is 0 Å². The smallest absolute Gasteiger partial charge is 0.234 e. The highest BCUT2D eigenvalue weighted by Gasteiger charge is 2.27. The highest BCUT2D eigenvalue weighted by Crippen LogP contribution is 2.17. The second-order valence-electron chi connectivity index (χ2n) is 5.32. The molecule has 2 atom stereocenters. The minimum absolute atomic E-state index is 0.139.